The first kappa shape index (κ1) is 16.5. The van der Waals surface area contributed by atoms with Crippen molar-refractivity contribution in [2.24, 2.45) is 0 Å². The first-order valence-corrected chi connectivity index (χ1v) is 7.47. The van der Waals surface area contributed by atoms with Crippen LogP contribution in [0.15, 0.2) is 0 Å². The van der Waals surface area contributed by atoms with Gasteiger partial charge in [0.1, 0.15) is 16.6 Å². The number of carbonyl (C=O) groups excluding carboxylic acids is 1. The number of rotatable bonds is 7. The number of Topliss-reactive ketones (excluding diaryl/α,β-unsaturated/α-hetero) is 1. The lowest BCUT2D eigenvalue weighted by Gasteiger charge is -2.20. The van der Waals surface area contributed by atoms with Gasteiger partial charge in [-0.25, -0.2) is 0 Å². The van der Waals surface area contributed by atoms with Crippen LogP contribution in [0.3, 0.4) is 0 Å². The summed E-state index contributed by atoms with van der Waals surface area (Å²) in [5, 5.41) is 13.0. The van der Waals surface area contributed by atoms with Crippen LogP contribution in [0.2, 0.25) is 0 Å². The van der Waals surface area contributed by atoms with E-state index in [1.54, 1.807) is 0 Å². The largest absolute Gasteiger partial charge is 0.396 e. The molecule has 1 rings (SSSR count). The Morgan fingerprint density at radius 2 is 2.20 bits per heavy atom. The Morgan fingerprint density at radius 1 is 1.55 bits per heavy atom. The van der Waals surface area contributed by atoms with Gasteiger partial charge in [0.15, 0.2) is 5.78 Å². The van der Waals surface area contributed by atoms with Crippen molar-refractivity contribution in [3.63, 3.8) is 0 Å². The molecule has 0 aromatic carbocycles. The van der Waals surface area contributed by atoms with Crippen molar-refractivity contribution in [1.82, 2.24) is 4.90 Å². The Labute approximate surface area is 124 Å². The zero-order valence-corrected chi connectivity index (χ0v) is 13.3. The minimum atomic E-state index is -0.100. The Morgan fingerprint density at radius 3 is 2.70 bits per heavy atom. The number of nitrogens with one attached hydrogen (secondary N) is 1. The van der Waals surface area contributed by atoms with Crippen molar-refractivity contribution < 1.29 is 4.79 Å². The summed E-state index contributed by atoms with van der Waals surface area (Å²) in [6, 6.07) is 2.59. The first-order valence-electron chi connectivity index (χ1n) is 6.65. The minimum Gasteiger partial charge on any atom is -0.396 e. The average Bonchev–Trinajstić information content (AvgIpc) is 2.70. The molecule has 3 N–H and O–H groups in total. The third-order valence-electron chi connectivity index (χ3n) is 3.23. The fraction of sp³-hybridized carbons (Fsp3) is 0.571. The molecule has 0 aliphatic heterocycles. The van der Waals surface area contributed by atoms with Gasteiger partial charge >= 0.3 is 0 Å². The monoisotopic (exact) mass is 294 g/mol. The van der Waals surface area contributed by atoms with E-state index in [-0.39, 0.29) is 5.78 Å². The predicted molar refractivity (Wildman–Crippen MR) is 84.3 cm³/mol. The number of nitrogen functional groups attached to an aromatic ring is 1. The average molecular weight is 294 g/mol. The molecule has 0 aliphatic rings. The van der Waals surface area contributed by atoms with Gasteiger partial charge in [-0.15, -0.1) is 11.3 Å². The van der Waals surface area contributed by atoms with Gasteiger partial charge in [0.25, 0.3) is 0 Å². The molecule has 0 bridgehead atoms. The smallest absolute Gasteiger partial charge is 0.171 e. The lowest BCUT2D eigenvalue weighted by molar-refractivity contribution is 0.102. The maximum absolute atomic E-state index is 11.4. The number of nitrogens with two attached hydrogens (primary N) is 1. The number of nitriles is 1. The molecule has 1 heterocycles. The van der Waals surface area contributed by atoms with Crippen molar-refractivity contribution >= 4 is 27.8 Å². The van der Waals surface area contributed by atoms with E-state index in [9.17, 15) is 4.79 Å². The van der Waals surface area contributed by atoms with Crippen LogP contribution >= 0.6 is 11.3 Å². The number of nitrogens with zero attached hydrogens (tertiary/aromatic N) is 2. The highest BCUT2D eigenvalue weighted by Crippen LogP contribution is 2.35. The molecule has 0 saturated carbocycles. The fourth-order valence-corrected chi connectivity index (χ4v) is 2.72. The molecule has 0 saturated heterocycles. The van der Waals surface area contributed by atoms with Crippen LogP contribution in [0.4, 0.5) is 10.7 Å². The number of hydrogen-bond acceptors (Lipinski definition) is 6. The molecule has 0 aliphatic carbocycles. The molecule has 1 aromatic rings. The van der Waals surface area contributed by atoms with Gasteiger partial charge in [0, 0.05) is 19.5 Å². The highest BCUT2D eigenvalue weighted by Gasteiger charge is 2.18. The minimum absolute atomic E-state index is 0.100. The Bertz CT molecular complexity index is 516. The fourth-order valence-electron chi connectivity index (χ4n) is 1.73. The molecule has 0 radical (unpaired) electrons. The van der Waals surface area contributed by atoms with Crippen molar-refractivity contribution in [3.05, 3.63) is 10.4 Å². The molecular weight excluding hydrogens is 272 g/mol. The maximum Gasteiger partial charge on any atom is 0.171 e. The summed E-state index contributed by atoms with van der Waals surface area (Å²) in [5.74, 6) is -0.100. The molecule has 6 heteroatoms. The van der Waals surface area contributed by atoms with E-state index in [0.717, 1.165) is 19.5 Å². The molecule has 0 spiro atoms. The first-order chi connectivity index (χ1) is 9.38. The van der Waals surface area contributed by atoms with Crippen molar-refractivity contribution in [2.45, 2.75) is 33.2 Å². The van der Waals surface area contributed by atoms with E-state index in [1.807, 2.05) is 0 Å². The molecule has 1 aromatic heterocycles. The van der Waals surface area contributed by atoms with E-state index >= 15 is 0 Å². The van der Waals surface area contributed by atoms with Gasteiger partial charge in [-0.3, -0.25) is 4.79 Å². The second-order valence-corrected chi connectivity index (χ2v) is 6.09. The van der Waals surface area contributed by atoms with Crippen molar-refractivity contribution in [3.8, 4) is 6.07 Å². The lowest BCUT2D eigenvalue weighted by Crippen LogP contribution is -2.28. The van der Waals surface area contributed by atoms with Gasteiger partial charge in [0.05, 0.1) is 10.6 Å². The Kier molecular flexibility index (Phi) is 5.99. The van der Waals surface area contributed by atoms with Crippen molar-refractivity contribution in [1.29, 1.82) is 5.26 Å². The third-order valence-corrected chi connectivity index (χ3v) is 4.50. The summed E-state index contributed by atoms with van der Waals surface area (Å²) in [5.41, 5.74) is 6.51. The molecule has 110 valence electrons. The zero-order valence-electron chi connectivity index (χ0n) is 12.5. The van der Waals surface area contributed by atoms with E-state index in [4.69, 9.17) is 11.0 Å². The quantitative estimate of drug-likeness (QED) is 0.596. The van der Waals surface area contributed by atoms with E-state index < -0.39 is 0 Å². The Balaban J connectivity index is 2.63. The third kappa shape index (κ3) is 3.95. The van der Waals surface area contributed by atoms with Crippen LogP contribution in [-0.2, 0) is 0 Å². The second-order valence-electron chi connectivity index (χ2n) is 5.07. The van der Waals surface area contributed by atoms with Gasteiger partial charge in [-0.05, 0) is 33.9 Å². The van der Waals surface area contributed by atoms with Crippen LogP contribution in [0, 0.1) is 11.3 Å². The summed E-state index contributed by atoms with van der Waals surface area (Å²) in [6.07, 6.45) is 0.965. The number of hydrogen-bond donors (Lipinski definition) is 2. The molecule has 0 fully saturated rings. The number of anilines is 2. The number of thiophene rings is 1. The summed E-state index contributed by atoms with van der Waals surface area (Å²) < 4.78 is 0. The number of carbonyl (C=O) groups is 1. The van der Waals surface area contributed by atoms with Gasteiger partial charge < -0.3 is 16.0 Å². The van der Waals surface area contributed by atoms with E-state index in [0.29, 0.717) is 27.2 Å². The summed E-state index contributed by atoms with van der Waals surface area (Å²) >= 11 is 1.26. The van der Waals surface area contributed by atoms with E-state index in [2.05, 4.69) is 37.2 Å². The molecule has 0 unspecified atom stereocenters. The van der Waals surface area contributed by atoms with Gasteiger partial charge in [-0.1, -0.05) is 0 Å². The van der Waals surface area contributed by atoms with Gasteiger partial charge in [0.2, 0.25) is 0 Å². The lowest BCUT2D eigenvalue weighted by atomic mass is 10.2. The normalized spacial score (nSPS) is 10.8. The molecular formula is C14H22N4OS. The highest BCUT2D eigenvalue weighted by atomic mass is 32.1. The topological polar surface area (TPSA) is 82.2 Å². The van der Waals surface area contributed by atoms with Crippen LogP contribution < -0.4 is 11.1 Å². The standard InChI is InChI=1S/C14H22N4OS/c1-9(2)18(4)7-5-6-17-14-11(8-15)12(16)13(20-14)10(3)19/h9,17H,5-7,16H2,1-4H3. The van der Waals surface area contributed by atoms with E-state index in [1.165, 1.54) is 18.3 Å². The second kappa shape index (κ2) is 7.27. The number of ketones is 1. The SMILES string of the molecule is CC(=O)c1sc(NCCCN(C)C(C)C)c(C#N)c1N. The molecule has 20 heavy (non-hydrogen) atoms. The maximum atomic E-state index is 11.4. The molecule has 5 nitrogen and oxygen atoms in total. The van der Waals surface area contributed by atoms with Crippen LogP contribution in [-0.4, -0.2) is 36.9 Å². The van der Waals surface area contributed by atoms with Gasteiger partial charge in [-0.2, -0.15) is 5.26 Å². The summed E-state index contributed by atoms with van der Waals surface area (Å²) in [7, 11) is 2.09. The molecule has 0 amide bonds. The van der Waals surface area contributed by atoms with Crippen LogP contribution in [0.5, 0.6) is 0 Å². The van der Waals surface area contributed by atoms with Crippen LogP contribution in [0.1, 0.15) is 42.4 Å². The zero-order chi connectivity index (χ0) is 15.3. The summed E-state index contributed by atoms with van der Waals surface area (Å²) in [4.78, 5) is 14.2. The Hall–Kier alpha value is -1.58. The highest BCUT2D eigenvalue weighted by molar-refractivity contribution is 7.18. The predicted octanol–water partition coefficient (Wildman–Crippen LogP) is 2.55. The summed E-state index contributed by atoms with van der Waals surface area (Å²) in [6.45, 7) is 7.50. The molecule has 0 atom stereocenters. The van der Waals surface area contributed by atoms with Crippen molar-refractivity contribution in [2.75, 3.05) is 31.2 Å². The van der Waals surface area contributed by atoms with Crippen LogP contribution in [0.25, 0.3) is 0 Å².